The van der Waals surface area contributed by atoms with Crippen LogP contribution in [-0.2, 0) is 22.4 Å². The number of rotatable bonds is 6. The van der Waals surface area contributed by atoms with E-state index in [9.17, 15) is 4.79 Å². The molecule has 0 unspecified atom stereocenters. The van der Waals surface area contributed by atoms with Gasteiger partial charge in [-0.1, -0.05) is 25.1 Å². The van der Waals surface area contributed by atoms with Gasteiger partial charge in [0.1, 0.15) is 11.5 Å². The van der Waals surface area contributed by atoms with Crippen LogP contribution in [0, 0.1) is 6.57 Å². The Morgan fingerprint density at radius 2 is 1.91 bits per heavy atom. The summed E-state index contributed by atoms with van der Waals surface area (Å²) >= 11 is 0. The van der Waals surface area contributed by atoms with Gasteiger partial charge in [-0.25, -0.2) is 4.85 Å². The maximum absolute atomic E-state index is 11.3. The van der Waals surface area contributed by atoms with Gasteiger partial charge in [0.2, 0.25) is 0 Å². The third-order valence-corrected chi connectivity index (χ3v) is 3.57. The SMILES string of the molecule is [C-]#[N+]c1cccc(Oc2ccc(CCC(=O)OC)c(CC)c2)c1. The van der Waals surface area contributed by atoms with Crippen molar-refractivity contribution < 1.29 is 14.3 Å². The van der Waals surface area contributed by atoms with E-state index in [1.54, 1.807) is 18.2 Å². The number of benzene rings is 2. The van der Waals surface area contributed by atoms with E-state index in [4.69, 9.17) is 11.3 Å². The summed E-state index contributed by atoms with van der Waals surface area (Å²) < 4.78 is 10.5. The standard InChI is InChI=1S/C19H19NO3/c1-4-14-12-18(10-8-15(14)9-11-19(21)22-3)23-17-7-5-6-16(13-17)20-2/h5-8,10,12-13H,4,9,11H2,1,3H3. The molecule has 0 aliphatic heterocycles. The van der Waals surface area contributed by atoms with Crippen molar-refractivity contribution in [3.63, 3.8) is 0 Å². The fourth-order valence-electron chi connectivity index (χ4n) is 2.33. The summed E-state index contributed by atoms with van der Waals surface area (Å²) in [6.45, 7) is 9.11. The van der Waals surface area contributed by atoms with Gasteiger partial charge in [-0.3, -0.25) is 4.79 Å². The van der Waals surface area contributed by atoms with Gasteiger partial charge < -0.3 is 9.47 Å². The highest BCUT2D eigenvalue weighted by atomic mass is 16.5. The average Bonchev–Trinajstić information content (AvgIpc) is 2.60. The van der Waals surface area contributed by atoms with E-state index < -0.39 is 0 Å². The molecule has 0 N–H and O–H groups in total. The van der Waals surface area contributed by atoms with Crippen LogP contribution < -0.4 is 4.74 Å². The van der Waals surface area contributed by atoms with E-state index in [-0.39, 0.29) is 5.97 Å². The van der Waals surface area contributed by atoms with Crippen LogP contribution in [0.15, 0.2) is 42.5 Å². The molecule has 4 nitrogen and oxygen atoms in total. The minimum absolute atomic E-state index is 0.205. The van der Waals surface area contributed by atoms with Crippen molar-refractivity contribution in [3.05, 3.63) is 65.0 Å². The van der Waals surface area contributed by atoms with Crippen molar-refractivity contribution in [2.45, 2.75) is 26.2 Å². The number of carbonyl (C=O) groups excluding carboxylic acids is 1. The predicted octanol–water partition coefficient (Wildman–Crippen LogP) is 4.70. The number of aryl methyl sites for hydroxylation is 2. The van der Waals surface area contributed by atoms with Crippen molar-refractivity contribution in [2.24, 2.45) is 0 Å². The van der Waals surface area contributed by atoms with Crippen molar-refractivity contribution in [1.29, 1.82) is 0 Å². The van der Waals surface area contributed by atoms with Gasteiger partial charge in [0.05, 0.1) is 13.7 Å². The highest BCUT2D eigenvalue weighted by Gasteiger charge is 2.08. The Morgan fingerprint density at radius 3 is 2.61 bits per heavy atom. The van der Waals surface area contributed by atoms with E-state index >= 15 is 0 Å². The summed E-state index contributed by atoms with van der Waals surface area (Å²) in [5.74, 6) is 1.16. The Kier molecular flexibility index (Phi) is 5.76. The van der Waals surface area contributed by atoms with Gasteiger partial charge in [0, 0.05) is 6.42 Å². The molecule has 4 heteroatoms. The minimum atomic E-state index is -0.205. The summed E-state index contributed by atoms with van der Waals surface area (Å²) in [6.07, 6.45) is 1.88. The van der Waals surface area contributed by atoms with Crippen LogP contribution in [0.4, 0.5) is 5.69 Å². The fourth-order valence-corrected chi connectivity index (χ4v) is 2.33. The highest BCUT2D eigenvalue weighted by Crippen LogP contribution is 2.27. The molecule has 0 atom stereocenters. The van der Waals surface area contributed by atoms with Crippen molar-refractivity contribution in [3.8, 4) is 11.5 Å². The lowest BCUT2D eigenvalue weighted by Gasteiger charge is -2.11. The number of nitrogens with zero attached hydrogens (tertiary/aromatic N) is 1. The topological polar surface area (TPSA) is 39.9 Å². The first-order valence-electron chi connectivity index (χ1n) is 7.50. The third-order valence-electron chi connectivity index (χ3n) is 3.57. The molecule has 118 valence electrons. The zero-order chi connectivity index (χ0) is 16.7. The molecule has 0 fully saturated rings. The summed E-state index contributed by atoms with van der Waals surface area (Å²) in [6, 6.07) is 12.9. The second kappa shape index (κ2) is 8.00. The molecule has 0 saturated carbocycles. The first-order valence-corrected chi connectivity index (χ1v) is 7.50. The normalized spacial score (nSPS) is 9.96. The summed E-state index contributed by atoms with van der Waals surface area (Å²) in [4.78, 5) is 14.7. The number of esters is 1. The van der Waals surface area contributed by atoms with Crippen LogP contribution in [0.2, 0.25) is 0 Å². The Labute approximate surface area is 136 Å². The number of hydrogen-bond donors (Lipinski definition) is 0. The van der Waals surface area contributed by atoms with E-state index in [0.717, 1.165) is 23.3 Å². The Morgan fingerprint density at radius 1 is 1.13 bits per heavy atom. The van der Waals surface area contributed by atoms with Gasteiger partial charge in [-0.15, -0.1) is 0 Å². The van der Waals surface area contributed by atoms with Crippen LogP contribution in [0.5, 0.6) is 11.5 Å². The zero-order valence-electron chi connectivity index (χ0n) is 13.3. The predicted molar refractivity (Wildman–Crippen MR) is 88.9 cm³/mol. The van der Waals surface area contributed by atoms with Crippen LogP contribution >= 0.6 is 0 Å². The largest absolute Gasteiger partial charge is 0.469 e. The second-order valence-electron chi connectivity index (χ2n) is 5.07. The first-order chi connectivity index (χ1) is 11.2. The molecule has 0 aromatic heterocycles. The molecule has 2 aromatic carbocycles. The Balaban J connectivity index is 2.14. The first kappa shape index (κ1) is 16.6. The molecule has 0 amide bonds. The van der Waals surface area contributed by atoms with Gasteiger partial charge in [0.15, 0.2) is 5.69 Å². The maximum atomic E-state index is 11.3. The molecule has 0 saturated heterocycles. The Hall–Kier alpha value is -2.80. The molecule has 0 radical (unpaired) electrons. The van der Waals surface area contributed by atoms with E-state index in [1.165, 1.54) is 7.11 Å². The molecular weight excluding hydrogens is 290 g/mol. The molecule has 23 heavy (non-hydrogen) atoms. The van der Waals surface area contributed by atoms with Gasteiger partial charge in [0.25, 0.3) is 0 Å². The number of ether oxygens (including phenoxy) is 2. The molecule has 0 heterocycles. The van der Waals surface area contributed by atoms with Crippen LogP contribution in [-0.4, -0.2) is 13.1 Å². The zero-order valence-corrected chi connectivity index (χ0v) is 13.3. The molecule has 0 aliphatic carbocycles. The van der Waals surface area contributed by atoms with E-state index in [2.05, 4.69) is 16.5 Å². The molecule has 0 aliphatic rings. The van der Waals surface area contributed by atoms with Crippen LogP contribution in [0.25, 0.3) is 4.85 Å². The molecule has 2 rings (SSSR count). The summed E-state index contributed by atoms with van der Waals surface area (Å²) in [5, 5.41) is 0. The average molecular weight is 309 g/mol. The van der Waals surface area contributed by atoms with Crippen molar-refractivity contribution in [2.75, 3.05) is 7.11 Å². The quantitative estimate of drug-likeness (QED) is 0.573. The van der Waals surface area contributed by atoms with Gasteiger partial charge >= 0.3 is 5.97 Å². The molecular formula is C19H19NO3. The molecule has 0 spiro atoms. The van der Waals surface area contributed by atoms with Gasteiger partial charge in [-0.2, -0.15) is 0 Å². The van der Waals surface area contributed by atoms with Crippen LogP contribution in [0.1, 0.15) is 24.5 Å². The lowest BCUT2D eigenvalue weighted by Crippen LogP contribution is -2.03. The highest BCUT2D eigenvalue weighted by molar-refractivity contribution is 5.69. The number of carbonyl (C=O) groups is 1. The molecule has 0 bridgehead atoms. The maximum Gasteiger partial charge on any atom is 0.305 e. The monoisotopic (exact) mass is 309 g/mol. The lowest BCUT2D eigenvalue weighted by atomic mass is 10.0. The third kappa shape index (κ3) is 4.58. The second-order valence-corrected chi connectivity index (χ2v) is 5.07. The van der Waals surface area contributed by atoms with E-state index in [1.807, 2.05) is 24.3 Å². The van der Waals surface area contributed by atoms with Crippen molar-refractivity contribution >= 4 is 11.7 Å². The van der Waals surface area contributed by atoms with Crippen molar-refractivity contribution in [1.82, 2.24) is 0 Å². The smallest absolute Gasteiger partial charge is 0.305 e. The fraction of sp³-hybridized carbons (Fsp3) is 0.263. The van der Waals surface area contributed by atoms with Gasteiger partial charge in [-0.05, 0) is 48.2 Å². The van der Waals surface area contributed by atoms with E-state index in [0.29, 0.717) is 24.3 Å². The molecule has 2 aromatic rings. The lowest BCUT2D eigenvalue weighted by molar-refractivity contribution is -0.140. The Bertz CT molecular complexity index is 732. The number of hydrogen-bond acceptors (Lipinski definition) is 3. The number of methoxy groups -OCH3 is 1. The summed E-state index contributed by atoms with van der Waals surface area (Å²) in [7, 11) is 1.40. The van der Waals surface area contributed by atoms with Crippen LogP contribution in [0.3, 0.4) is 0 Å². The summed E-state index contributed by atoms with van der Waals surface area (Å²) in [5.41, 5.74) is 2.82. The minimum Gasteiger partial charge on any atom is -0.469 e.